The van der Waals surface area contributed by atoms with Gasteiger partial charge in [-0.2, -0.15) is 0 Å². The van der Waals surface area contributed by atoms with Crippen LogP contribution in [0.15, 0.2) is 24.3 Å². The average Bonchev–Trinajstić information content (AvgIpc) is 2.25. The molecule has 0 bridgehead atoms. The fourth-order valence-corrected chi connectivity index (χ4v) is 1.26. The van der Waals surface area contributed by atoms with Crippen molar-refractivity contribution >= 4 is 23.5 Å². The summed E-state index contributed by atoms with van der Waals surface area (Å²) in [6, 6.07) is 7.20. The lowest BCUT2D eigenvalue weighted by molar-refractivity contribution is -0.146. The molecule has 0 unspecified atom stereocenters. The SMILES string of the molecule is CC(=O)OCC(=O)NCc1ccccc1Cl. The lowest BCUT2D eigenvalue weighted by Gasteiger charge is -2.06. The second-order valence-corrected chi connectivity index (χ2v) is 3.56. The Morgan fingerprint density at radius 1 is 1.38 bits per heavy atom. The van der Waals surface area contributed by atoms with Gasteiger partial charge in [0.25, 0.3) is 5.91 Å². The minimum Gasteiger partial charge on any atom is -0.456 e. The third-order valence-electron chi connectivity index (χ3n) is 1.84. The molecule has 0 aromatic heterocycles. The van der Waals surface area contributed by atoms with Crippen LogP contribution in [0.5, 0.6) is 0 Å². The molecule has 1 amide bonds. The van der Waals surface area contributed by atoms with Crippen molar-refractivity contribution in [1.29, 1.82) is 0 Å². The fraction of sp³-hybridized carbons (Fsp3) is 0.273. The van der Waals surface area contributed by atoms with Crippen molar-refractivity contribution in [2.24, 2.45) is 0 Å². The maximum atomic E-state index is 11.2. The molecule has 5 heteroatoms. The second kappa shape index (κ2) is 6.12. The number of ether oxygens (including phenoxy) is 1. The Hall–Kier alpha value is -1.55. The highest BCUT2D eigenvalue weighted by molar-refractivity contribution is 6.31. The Balaban J connectivity index is 2.37. The number of amides is 1. The molecule has 0 aliphatic rings. The maximum absolute atomic E-state index is 11.2. The van der Waals surface area contributed by atoms with Crippen LogP contribution in [0.25, 0.3) is 0 Å². The molecule has 0 saturated heterocycles. The van der Waals surface area contributed by atoms with Gasteiger partial charge in [-0.1, -0.05) is 29.8 Å². The number of esters is 1. The van der Waals surface area contributed by atoms with Gasteiger partial charge in [-0.15, -0.1) is 0 Å². The van der Waals surface area contributed by atoms with Gasteiger partial charge in [-0.05, 0) is 11.6 Å². The van der Waals surface area contributed by atoms with E-state index in [1.54, 1.807) is 6.07 Å². The standard InChI is InChI=1S/C11H12ClNO3/c1-8(14)16-7-11(15)13-6-9-4-2-3-5-10(9)12/h2-5H,6-7H2,1H3,(H,13,15). The van der Waals surface area contributed by atoms with Crippen molar-refractivity contribution in [3.05, 3.63) is 34.9 Å². The largest absolute Gasteiger partial charge is 0.456 e. The van der Waals surface area contributed by atoms with Crippen LogP contribution in [0.1, 0.15) is 12.5 Å². The monoisotopic (exact) mass is 241 g/mol. The number of halogens is 1. The zero-order valence-corrected chi connectivity index (χ0v) is 9.58. The Morgan fingerprint density at radius 2 is 2.06 bits per heavy atom. The van der Waals surface area contributed by atoms with E-state index >= 15 is 0 Å². The molecule has 0 saturated carbocycles. The summed E-state index contributed by atoms with van der Waals surface area (Å²) in [5.41, 5.74) is 0.820. The fourth-order valence-electron chi connectivity index (χ4n) is 1.05. The van der Waals surface area contributed by atoms with Crippen LogP contribution in [0, 0.1) is 0 Å². The third kappa shape index (κ3) is 4.31. The van der Waals surface area contributed by atoms with Crippen LogP contribution in [-0.4, -0.2) is 18.5 Å². The molecular weight excluding hydrogens is 230 g/mol. The molecule has 16 heavy (non-hydrogen) atoms. The number of hydrogen-bond donors (Lipinski definition) is 1. The Bertz CT molecular complexity index is 393. The predicted octanol–water partition coefficient (Wildman–Crippen LogP) is 1.52. The summed E-state index contributed by atoms with van der Waals surface area (Å²) in [4.78, 5) is 21.7. The summed E-state index contributed by atoms with van der Waals surface area (Å²) in [6.45, 7) is 1.31. The number of benzene rings is 1. The van der Waals surface area contributed by atoms with Gasteiger partial charge >= 0.3 is 5.97 Å². The molecule has 0 heterocycles. The van der Waals surface area contributed by atoms with E-state index in [9.17, 15) is 9.59 Å². The molecule has 0 radical (unpaired) electrons. The number of nitrogens with one attached hydrogen (secondary N) is 1. The third-order valence-corrected chi connectivity index (χ3v) is 2.21. The Kier molecular flexibility index (Phi) is 4.79. The molecule has 0 aliphatic heterocycles. The van der Waals surface area contributed by atoms with Crippen LogP contribution in [0.4, 0.5) is 0 Å². The predicted molar refractivity (Wildman–Crippen MR) is 59.9 cm³/mol. The van der Waals surface area contributed by atoms with Gasteiger partial charge in [0.2, 0.25) is 0 Å². The van der Waals surface area contributed by atoms with E-state index in [4.69, 9.17) is 11.6 Å². The Morgan fingerprint density at radius 3 is 2.69 bits per heavy atom. The van der Waals surface area contributed by atoms with Crippen LogP contribution in [0.3, 0.4) is 0 Å². The van der Waals surface area contributed by atoms with Crippen molar-refractivity contribution in [3.8, 4) is 0 Å². The smallest absolute Gasteiger partial charge is 0.303 e. The topological polar surface area (TPSA) is 55.4 Å². The van der Waals surface area contributed by atoms with Crippen LogP contribution < -0.4 is 5.32 Å². The average molecular weight is 242 g/mol. The van der Waals surface area contributed by atoms with E-state index in [1.807, 2.05) is 18.2 Å². The number of carbonyl (C=O) groups excluding carboxylic acids is 2. The van der Waals surface area contributed by atoms with Crippen molar-refractivity contribution in [2.75, 3.05) is 6.61 Å². The minimum atomic E-state index is -0.479. The van der Waals surface area contributed by atoms with Gasteiger partial charge in [0.05, 0.1) is 0 Å². The molecule has 0 atom stereocenters. The normalized spacial score (nSPS) is 9.62. The summed E-state index contributed by atoms with van der Waals surface area (Å²) < 4.78 is 4.54. The molecular formula is C11H12ClNO3. The first-order valence-corrected chi connectivity index (χ1v) is 5.11. The molecule has 4 nitrogen and oxygen atoms in total. The molecule has 0 spiro atoms. The van der Waals surface area contributed by atoms with E-state index in [1.165, 1.54) is 6.92 Å². The lowest BCUT2D eigenvalue weighted by Crippen LogP contribution is -2.27. The number of rotatable bonds is 4. The highest BCUT2D eigenvalue weighted by Crippen LogP contribution is 2.13. The first-order chi connectivity index (χ1) is 7.59. The summed E-state index contributed by atoms with van der Waals surface area (Å²) in [6.07, 6.45) is 0. The molecule has 1 rings (SSSR count). The lowest BCUT2D eigenvalue weighted by atomic mass is 10.2. The number of hydrogen-bond acceptors (Lipinski definition) is 3. The molecule has 1 N–H and O–H groups in total. The highest BCUT2D eigenvalue weighted by Gasteiger charge is 2.04. The number of carbonyl (C=O) groups is 2. The summed E-state index contributed by atoms with van der Waals surface area (Å²) in [5.74, 6) is -0.831. The van der Waals surface area contributed by atoms with E-state index < -0.39 is 5.97 Å². The summed E-state index contributed by atoms with van der Waals surface area (Å²) >= 11 is 5.90. The van der Waals surface area contributed by atoms with E-state index in [0.29, 0.717) is 11.6 Å². The molecule has 1 aromatic rings. The van der Waals surface area contributed by atoms with E-state index in [2.05, 4.69) is 10.1 Å². The van der Waals surface area contributed by atoms with Crippen LogP contribution in [0.2, 0.25) is 5.02 Å². The second-order valence-electron chi connectivity index (χ2n) is 3.15. The highest BCUT2D eigenvalue weighted by atomic mass is 35.5. The molecule has 1 aromatic carbocycles. The van der Waals surface area contributed by atoms with Gasteiger partial charge in [0, 0.05) is 18.5 Å². The summed E-state index contributed by atoms with van der Waals surface area (Å²) in [7, 11) is 0. The van der Waals surface area contributed by atoms with Crippen molar-refractivity contribution < 1.29 is 14.3 Å². The van der Waals surface area contributed by atoms with Crippen molar-refractivity contribution in [2.45, 2.75) is 13.5 Å². The zero-order chi connectivity index (χ0) is 12.0. The van der Waals surface area contributed by atoms with Gasteiger partial charge < -0.3 is 10.1 Å². The summed E-state index contributed by atoms with van der Waals surface area (Å²) in [5, 5.41) is 3.19. The van der Waals surface area contributed by atoms with E-state index in [-0.39, 0.29) is 12.5 Å². The quantitative estimate of drug-likeness (QED) is 0.814. The zero-order valence-electron chi connectivity index (χ0n) is 8.83. The molecule has 86 valence electrons. The van der Waals surface area contributed by atoms with Crippen molar-refractivity contribution in [1.82, 2.24) is 5.32 Å². The molecule has 0 fully saturated rings. The van der Waals surface area contributed by atoms with Crippen molar-refractivity contribution in [3.63, 3.8) is 0 Å². The first-order valence-electron chi connectivity index (χ1n) is 4.73. The van der Waals surface area contributed by atoms with Crippen LogP contribution in [-0.2, 0) is 20.9 Å². The van der Waals surface area contributed by atoms with Gasteiger partial charge in [-0.25, -0.2) is 0 Å². The van der Waals surface area contributed by atoms with Gasteiger partial charge in [0.1, 0.15) is 0 Å². The van der Waals surface area contributed by atoms with Gasteiger partial charge in [-0.3, -0.25) is 9.59 Å². The first kappa shape index (κ1) is 12.5. The van der Waals surface area contributed by atoms with Crippen LogP contribution >= 0.6 is 11.6 Å². The maximum Gasteiger partial charge on any atom is 0.303 e. The minimum absolute atomic E-state index is 0.264. The van der Waals surface area contributed by atoms with E-state index in [0.717, 1.165) is 5.56 Å². The Labute approximate surface area is 98.5 Å². The van der Waals surface area contributed by atoms with Gasteiger partial charge in [0.15, 0.2) is 6.61 Å². The molecule has 0 aliphatic carbocycles.